The topological polar surface area (TPSA) is 61.0 Å². The van der Waals surface area contributed by atoms with Crippen LogP contribution in [0.1, 0.15) is 31.4 Å². The molecular weight excluding hydrogens is 637 g/mol. The van der Waals surface area contributed by atoms with Crippen LogP contribution in [0.3, 0.4) is 0 Å². The third-order valence-electron chi connectivity index (χ3n) is 8.16. The van der Waals surface area contributed by atoms with Gasteiger partial charge in [-0.1, -0.05) is 61.6 Å². The number of fused-ring (bicyclic) bond motifs is 2. The molecule has 0 aromatic heterocycles. The molecule has 8 heteroatoms. The van der Waals surface area contributed by atoms with E-state index in [9.17, 15) is 0 Å². The van der Waals surface area contributed by atoms with Crippen molar-refractivity contribution >= 4 is 46.3 Å². The van der Waals surface area contributed by atoms with Crippen molar-refractivity contribution in [1.29, 1.82) is 0 Å². The predicted octanol–water partition coefficient (Wildman–Crippen LogP) is 10.4. The summed E-state index contributed by atoms with van der Waals surface area (Å²) in [6.45, 7) is 4.37. The van der Waals surface area contributed by atoms with E-state index in [4.69, 9.17) is 18.9 Å². The summed E-state index contributed by atoms with van der Waals surface area (Å²) in [5.41, 5.74) is 5.41. The van der Waals surface area contributed by atoms with Crippen LogP contribution < -0.4 is 20.1 Å². The van der Waals surface area contributed by atoms with Gasteiger partial charge in [-0.15, -0.1) is 0 Å². The molecule has 4 aromatic carbocycles. The fourth-order valence-corrected chi connectivity index (χ4v) is 7.96. The number of benzene rings is 4. The van der Waals surface area contributed by atoms with Crippen LogP contribution in [0, 0.1) is 5.41 Å². The number of allylic oxidation sites excluding steroid dienone is 2. The Kier molecular flexibility index (Phi) is 9.19. The maximum atomic E-state index is 6.83. The lowest BCUT2D eigenvalue weighted by molar-refractivity contribution is 0.165. The average Bonchev–Trinajstić information content (AvgIpc) is 3.39. The maximum absolute atomic E-state index is 6.83. The first-order chi connectivity index (χ1) is 23.3. The van der Waals surface area contributed by atoms with E-state index in [0.717, 1.165) is 66.7 Å². The molecule has 0 radical (unpaired) electrons. The first-order valence-corrected chi connectivity index (χ1v) is 17.6. The zero-order valence-corrected chi connectivity index (χ0v) is 29.0. The van der Waals surface area contributed by atoms with Crippen LogP contribution in [0.4, 0.5) is 11.4 Å². The quantitative estimate of drug-likeness (QED) is 0.192. The minimum atomic E-state index is -0.260. The normalized spacial score (nSPS) is 19.6. The van der Waals surface area contributed by atoms with E-state index in [2.05, 4.69) is 109 Å². The lowest BCUT2D eigenvalue weighted by atomic mass is 9.87. The molecule has 3 aliphatic rings. The molecule has 0 amide bonds. The van der Waals surface area contributed by atoms with Gasteiger partial charge >= 0.3 is 0 Å². The predicted molar refractivity (Wildman–Crippen MR) is 198 cm³/mol. The maximum Gasteiger partial charge on any atom is 0.169 e. The summed E-state index contributed by atoms with van der Waals surface area (Å²) < 4.78 is 24.5. The van der Waals surface area contributed by atoms with Crippen molar-refractivity contribution in [2.24, 2.45) is 5.41 Å². The van der Waals surface area contributed by atoms with Gasteiger partial charge in [-0.05, 0) is 108 Å². The molecule has 6 nitrogen and oxygen atoms in total. The van der Waals surface area contributed by atoms with Gasteiger partial charge in [0, 0.05) is 26.6 Å². The number of para-hydroxylation sites is 2. The van der Waals surface area contributed by atoms with Crippen LogP contribution in [0.25, 0.3) is 11.4 Å². The zero-order valence-electron chi connectivity index (χ0n) is 27.4. The summed E-state index contributed by atoms with van der Waals surface area (Å²) in [5, 5.41) is 7.28. The highest BCUT2D eigenvalue weighted by molar-refractivity contribution is 8.00. The summed E-state index contributed by atoms with van der Waals surface area (Å²) in [5.74, 6) is 3.41. The van der Waals surface area contributed by atoms with E-state index < -0.39 is 0 Å². The van der Waals surface area contributed by atoms with Crippen molar-refractivity contribution in [2.75, 3.05) is 24.9 Å². The molecule has 0 saturated carbocycles. The van der Waals surface area contributed by atoms with Crippen molar-refractivity contribution in [1.82, 2.24) is 0 Å². The largest absolute Gasteiger partial charge is 0.497 e. The number of nitrogens with one attached hydrogen (secondary N) is 2. The van der Waals surface area contributed by atoms with Crippen LogP contribution in [-0.4, -0.2) is 25.1 Å². The highest BCUT2D eigenvalue weighted by atomic mass is 32.2. The fraction of sp³-hybridized carbons (Fsp3) is 0.200. The molecular formula is C40H38N2O4S2. The van der Waals surface area contributed by atoms with Gasteiger partial charge in [0.15, 0.2) is 10.9 Å². The smallest absolute Gasteiger partial charge is 0.169 e. The van der Waals surface area contributed by atoms with Crippen molar-refractivity contribution in [3.05, 3.63) is 144 Å². The monoisotopic (exact) mass is 674 g/mol. The third-order valence-corrected chi connectivity index (χ3v) is 10.3. The Hall–Kier alpha value is -4.66. The number of rotatable bonds is 8. The average molecular weight is 675 g/mol. The lowest BCUT2D eigenvalue weighted by Crippen LogP contribution is -2.18. The molecule has 0 saturated heterocycles. The number of anilines is 2. The first-order valence-electron chi connectivity index (χ1n) is 15.9. The van der Waals surface area contributed by atoms with E-state index in [1.54, 1.807) is 37.7 Å². The minimum Gasteiger partial charge on any atom is -0.497 e. The van der Waals surface area contributed by atoms with E-state index >= 15 is 0 Å². The molecule has 0 fully saturated rings. The molecule has 0 spiro atoms. The second-order valence-corrected chi connectivity index (χ2v) is 14.6. The number of thioether (sulfide) groups is 2. The molecule has 2 unspecified atom stereocenters. The second-order valence-electron chi connectivity index (χ2n) is 12.3. The first kappa shape index (κ1) is 31.9. The molecule has 2 heterocycles. The van der Waals surface area contributed by atoms with Crippen LogP contribution in [0.5, 0.6) is 11.5 Å². The van der Waals surface area contributed by atoms with Crippen molar-refractivity contribution in [2.45, 2.75) is 40.9 Å². The molecule has 1 aliphatic carbocycles. The third kappa shape index (κ3) is 7.40. The Balaban J connectivity index is 1.14. The van der Waals surface area contributed by atoms with Gasteiger partial charge in [0.2, 0.25) is 0 Å². The van der Waals surface area contributed by atoms with E-state index in [1.807, 2.05) is 36.4 Å². The molecule has 2 atom stereocenters. The molecule has 244 valence electrons. The van der Waals surface area contributed by atoms with Gasteiger partial charge in [-0.3, -0.25) is 0 Å². The van der Waals surface area contributed by atoms with Crippen LogP contribution in [-0.2, 0) is 9.47 Å². The molecule has 2 N–H and O–H groups in total. The highest BCUT2D eigenvalue weighted by Gasteiger charge is 2.28. The van der Waals surface area contributed by atoms with Crippen LogP contribution in [0.15, 0.2) is 143 Å². The van der Waals surface area contributed by atoms with Gasteiger partial charge in [0.1, 0.15) is 23.0 Å². The van der Waals surface area contributed by atoms with E-state index in [1.165, 1.54) is 0 Å². The molecule has 0 bridgehead atoms. The standard InChI is InChI=1S/C40H38N2O4S2/c1-40(2)24-30(45-38-22-34(26-13-17-28(43-3)18-14-26)41-32-9-5-7-11-36(32)47-38)21-31(25-40)46-39-23-35(27-15-19-29(44-4)20-16-27)42-33-10-6-8-12-37(33)48-39/h5-20,22-25,38-39,41-42H,21H2,1-4H3. The Morgan fingerprint density at radius 2 is 1.00 bits per heavy atom. The number of hydrogen-bond acceptors (Lipinski definition) is 8. The highest BCUT2D eigenvalue weighted by Crippen LogP contribution is 2.43. The molecule has 48 heavy (non-hydrogen) atoms. The van der Waals surface area contributed by atoms with Crippen molar-refractivity contribution in [3.63, 3.8) is 0 Å². The van der Waals surface area contributed by atoms with Gasteiger partial charge in [-0.25, -0.2) is 0 Å². The van der Waals surface area contributed by atoms with Crippen LogP contribution >= 0.6 is 23.5 Å². The number of hydrogen-bond donors (Lipinski definition) is 2. The fourth-order valence-electron chi connectivity index (χ4n) is 5.90. The summed E-state index contributed by atoms with van der Waals surface area (Å²) in [6.07, 6.45) is 9.29. The van der Waals surface area contributed by atoms with Gasteiger partial charge in [-0.2, -0.15) is 0 Å². The van der Waals surface area contributed by atoms with E-state index in [-0.39, 0.29) is 16.3 Å². The lowest BCUT2D eigenvalue weighted by Gasteiger charge is -2.29. The van der Waals surface area contributed by atoms with Crippen molar-refractivity contribution < 1.29 is 18.9 Å². The van der Waals surface area contributed by atoms with Gasteiger partial charge in [0.25, 0.3) is 0 Å². The zero-order chi connectivity index (χ0) is 33.1. The summed E-state index contributed by atoms with van der Waals surface area (Å²) in [4.78, 5) is 2.25. The molecule has 7 rings (SSSR count). The van der Waals surface area contributed by atoms with Crippen molar-refractivity contribution in [3.8, 4) is 11.5 Å². The Morgan fingerprint density at radius 3 is 1.42 bits per heavy atom. The molecule has 4 aromatic rings. The second kappa shape index (κ2) is 13.8. The minimum absolute atomic E-state index is 0.259. The molecule has 2 aliphatic heterocycles. The Morgan fingerprint density at radius 1 is 0.583 bits per heavy atom. The van der Waals surface area contributed by atoms with Crippen LogP contribution in [0.2, 0.25) is 0 Å². The SMILES string of the molecule is COc1ccc(C2=CC(OC3=CC(C)(C)C=C(OC4C=C(c5ccc(OC)cc5)Nc5ccccc5S4)C3)Sc3ccccc3N2)cc1. The summed E-state index contributed by atoms with van der Waals surface area (Å²) in [6, 6.07) is 32.9. The number of ether oxygens (including phenoxy) is 4. The number of methoxy groups -OCH3 is 2. The summed E-state index contributed by atoms with van der Waals surface area (Å²) >= 11 is 3.38. The Labute approximate surface area is 290 Å². The van der Waals surface area contributed by atoms with Gasteiger partial charge in [0.05, 0.1) is 32.0 Å². The summed E-state index contributed by atoms with van der Waals surface area (Å²) in [7, 11) is 3.36. The Bertz CT molecular complexity index is 1780. The van der Waals surface area contributed by atoms with Gasteiger partial charge < -0.3 is 29.6 Å². The van der Waals surface area contributed by atoms with E-state index in [0.29, 0.717) is 6.42 Å².